The van der Waals surface area contributed by atoms with Crippen molar-refractivity contribution in [2.45, 2.75) is 34.1 Å². The molecule has 1 rings (SSSR count). The van der Waals surface area contributed by atoms with E-state index < -0.39 is 0 Å². The molecule has 3 N–H and O–H groups in total. The molecule has 4 nitrogen and oxygen atoms in total. The van der Waals surface area contributed by atoms with E-state index in [9.17, 15) is 9.90 Å². The lowest BCUT2D eigenvalue weighted by Gasteiger charge is -2.32. The van der Waals surface area contributed by atoms with Crippen LogP contribution in [0, 0.1) is 12.3 Å². The molecule has 0 radical (unpaired) electrons. The van der Waals surface area contributed by atoms with Gasteiger partial charge in [0.2, 0.25) is 0 Å². The van der Waals surface area contributed by atoms with Crippen LogP contribution in [0.3, 0.4) is 0 Å². The zero-order valence-corrected chi connectivity index (χ0v) is 12.9. The summed E-state index contributed by atoms with van der Waals surface area (Å²) in [6.07, 6.45) is 0.874. The van der Waals surface area contributed by atoms with Crippen LogP contribution in [0.15, 0.2) is 18.2 Å². The minimum Gasteiger partial charge on any atom is -0.507 e. The highest BCUT2D eigenvalue weighted by atomic mass is 16.3. The Kier molecular flexibility index (Phi) is 5.57. The minimum absolute atomic E-state index is 0.0733. The van der Waals surface area contributed by atoms with Gasteiger partial charge in [-0.05, 0) is 36.9 Å². The Morgan fingerprint density at radius 2 is 2.05 bits per heavy atom. The molecule has 0 unspecified atom stereocenters. The minimum atomic E-state index is -0.135. The second kappa shape index (κ2) is 6.75. The Balaban J connectivity index is 3.02. The number of nitrogens with zero attached hydrogens (tertiary/aromatic N) is 1. The van der Waals surface area contributed by atoms with Crippen LogP contribution in [0.25, 0.3) is 0 Å². The van der Waals surface area contributed by atoms with Crippen LogP contribution in [0.5, 0.6) is 5.75 Å². The standard InChI is InChI=1S/C16H26N2O2/c1-5-9-18(11-16(3,4)10-17)15(20)13-8-6-7-12(2)14(13)19/h6-8,19H,5,9-11,17H2,1-4H3. The number of benzene rings is 1. The molecule has 0 atom stereocenters. The van der Waals surface area contributed by atoms with Gasteiger partial charge in [-0.3, -0.25) is 4.79 Å². The maximum absolute atomic E-state index is 12.6. The zero-order valence-electron chi connectivity index (χ0n) is 12.9. The number of hydrogen-bond donors (Lipinski definition) is 2. The molecule has 1 aromatic carbocycles. The molecule has 0 saturated carbocycles. The molecule has 112 valence electrons. The number of carbonyl (C=O) groups is 1. The third-order valence-corrected chi connectivity index (χ3v) is 3.42. The molecule has 0 aromatic heterocycles. The summed E-state index contributed by atoms with van der Waals surface area (Å²) in [5, 5.41) is 10.1. The molecule has 0 heterocycles. The number of aryl methyl sites for hydroxylation is 1. The third-order valence-electron chi connectivity index (χ3n) is 3.42. The first kappa shape index (κ1) is 16.5. The predicted octanol–water partition coefficient (Wildman–Crippen LogP) is 2.54. The van der Waals surface area contributed by atoms with E-state index in [2.05, 4.69) is 0 Å². The topological polar surface area (TPSA) is 66.6 Å². The van der Waals surface area contributed by atoms with Crippen LogP contribution >= 0.6 is 0 Å². The van der Waals surface area contributed by atoms with Crippen LogP contribution in [0.2, 0.25) is 0 Å². The summed E-state index contributed by atoms with van der Waals surface area (Å²) in [4.78, 5) is 14.4. The summed E-state index contributed by atoms with van der Waals surface area (Å²) in [7, 11) is 0. The molecule has 0 bridgehead atoms. The quantitative estimate of drug-likeness (QED) is 0.840. The fourth-order valence-electron chi connectivity index (χ4n) is 2.11. The summed E-state index contributed by atoms with van der Waals surface area (Å²) >= 11 is 0. The lowest BCUT2D eigenvalue weighted by molar-refractivity contribution is 0.0686. The number of phenols is 1. The van der Waals surface area contributed by atoms with Gasteiger partial charge in [0, 0.05) is 13.1 Å². The fraction of sp³-hybridized carbons (Fsp3) is 0.562. The molecule has 20 heavy (non-hydrogen) atoms. The monoisotopic (exact) mass is 278 g/mol. The van der Waals surface area contributed by atoms with Crippen molar-refractivity contribution in [3.05, 3.63) is 29.3 Å². The molecular formula is C16H26N2O2. The number of phenolic OH excluding ortho intramolecular Hbond substituents is 1. The second-order valence-electron chi connectivity index (χ2n) is 6.07. The van der Waals surface area contributed by atoms with Gasteiger partial charge in [-0.1, -0.05) is 32.9 Å². The Bertz CT molecular complexity index is 470. The summed E-state index contributed by atoms with van der Waals surface area (Å²) < 4.78 is 0. The van der Waals surface area contributed by atoms with Gasteiger partial charge in [0.15, 0.2) is 0 Å². The first-order valence-corrected chi connectivity index (χ1v) is 7.10. The Labute approximate surface area is 121 Å². The zero-order chi connectivity index (χ0) is 15.3. The SMILES string of the molecule is CCCN(CC(C)(C)CN)C(=O)c1cccc(C)c1O. The Morgan fingerprint density at radius 3 is 2.60 bits per heavy atom. The molecular weight excluding hydrogens is 252 g/mol. The van der Waals surface area contributed by atoms with Crippen LogP contribution in [0.4, 0.5) is 0 Å². The smallest absolute Gasteiger partial charge is 0.257 e. The number of carbonyl (C=O) groups excluding carboxylic acids is 1. The van der Waals surface area contributed by atoms with Gasteiger partial charge >= 0.3 is 0 Å². The summed E-state index contributed by atoms with van der Waals surface area (Å²) in [6.45, 7) is 9.67. The van der Waals surface area contributed by atoms with Gasteiger partial charge in [-0.15, -0.1) is 0 Å². The lowest BCUT2D eigenvalue weighted by Crippen LogP contribution is -2.42. The number of amides is 1. The van der Waals surface area contributed by atoms with Crippen molar-refractivity contribution in [1.82, 2.24) is 4.90 Å². The maximum atomic E-state index is 12.6. The molecule has 0 aliphatic rings. The maximum Gasteiger partial charge on any atom is 0.257 e. The molecule has 1 amide bonds. The van der Waals surface area contributed by atoms with Crippen LogP contribution in [-0.2, 0) is 0 Å². The molecule has 0 aliphatic carbocycles. The van der Waals surface area contributed by atoms with E-state index in [0.717, 1.165) is 6.42 Å². The van der Waals surface area contributed by atoms with Gasteiger partial charge in [-0.25, -0.2) is 0 Å². The summed E-state index contributed by atoms with van der Waals surface area (Å²) in [5.41, 5.74) is 6.70. The first-order valence-electron chi connectivity index (χ1n) is 7.10. The van der Waals surface area contributed by atoms with Crippen molar-refractivity contribution in [2.75, 3.05) is 19.6 Å². The normalized spacial score (nSPS) is 11.4. The van der Waals surface area contributed by atoms with Gasteiger partial charge in [0.1, 0.15) is 5.75 Å². The van der Waals surface area contributed by atoms with E-state index in [1.54, 1.807) is 30.0 Å². The van der Waals surface area contributed by atoms with Crippen molar-refractivity contribution in [2.24, 2.45) is 11.1 Å². The average molecular weight is 278 g/mol. The van der Waals surface area contributed by atoms with Gasteiger partial charge in [0.25, 0.3) is 5.91 Å². The fourth-order valence-corrected chi connectivity index (χ4v) is 2.11. The molecule has 1 aromatic rings. The lowest BCUT2D eigenvalue weighted by atomic mass is 9.92. The van der Waals surface area contributed by atoms with Crippen molar-refractivity contribution >= 4 is 5.91 Å². The summed E-state index contributed by atoms with van der Waals surface area (Å²) in [6, 6.07) is 5.25. The number of aromatic hydroxyl groups is 1. The van der Waals surface area contributed by atoms with Gasteiger partial charge in [0.05, 0.1) is 5.56 Å². The van der Waals surface area contributed by atoms with E-state index in [1.165, 1.54) is 0 Å². The summed E-state index contributed by atoms with van der Waals surface area (Å²) in [5.74, 6) is -0.0567. The number of rotatable bonds is 6. The Morgan fingerprint density at radius 1 is 1.40 bits per heavy atom. The Hall–Kier alpha value is -1.55. The highest BCUT2D eigenvalue weighted by Crippen LogP contribution is 2.24. The number of para-hydroxylation sites is 1. The van der Waals surface area contributed by atoms with E-state index in [0.29, 0.717) is 30.8 Å². The largest absolute Gasteiger partial charge is 0.507 e. The first-order chi connectivity index (χ1) is 9.32. The van der Waals surface area contributed by atoms with E-state index in [4.69, 9.17) is 5.73 Å². The highest BCUT2D eigenvalue weighted by Gasteiger charge is 2.25. The van der Waals surface area contributed by atoms with Gasteiger partial charge < -0.3 is 15.7 Å². The van der Waals surface area contributed by atoms with E-state index >= 15 is 0 Å². The van der Waals surface area contributed by atoms with Crippen LogP contribution < -0.4 is 5.73 Å². The molecule has 0 fully saturated rings. The molecule has 4 heteroatoms. The van der Waals surface area contributed by atoms with Crippen molar-refractivity contribution < 1.29 is 9.90 Å². The van der Waals surface area contributed by atoms with Crippen LogP contribution in [-0.4, -0.2) is 35.5 Å². The van der Waals surface area contributed by atoms with Crippen molar-refractivity contribution in [1.29, 1.82) is 0 Å². The van der Waals surface area contributed by atoms with Crippen LogP contribution in [0.1, 0.15) is 43.1 Å². The van der Waals surface area contributed by atoms with Crippen molar-refractivity contribution in [3.8, 4) is 5.75 Å². The number of nitrogens with two attached hydrogens (primary N) is 1. The van der Waals surface area contributed by atoms with Gasteiger partial charge in [-0.2, -0.15) is 0 Å². The highest BCUT2D eigenvalue weighted by molar-refractivity contribution is 5.97. The molecule has 0 aliphatic heterocycles. The number of hydrogen-bond acceptors (Lipinski definition) is 3. The third kappa shape index (κ3) is 3.97. The molecule has 0 saturated heterocycles. The predicted molar refractivity (Wildman–Crippen MR) is 81.9 cm³/mol. The average Bonchev–Trinajstić information content (AvgIpc) is 2.40. The van der Waals surface area contributed by atoms with E-state index in [-0.39, 0.29) is 17.1 Å². The molecule has 0 spiro atoms. The van der Waals surface area contributed by atoms with E-state index in [1.807, 2.05) is 20.8 Å². The second-order valence-corrected chi connectivity index (χ2v) is 6.07. The van der Waals surface area contributed by atoms with Crippen molar-refractivity contribution in [3.63, 3.8) is 0 Å².